The fraction of sp³-hybridized carbons (Fsp3) is 0.286. The summed E-state index contributed by atoms with van der Waals surface area (Å²) < 4.78 is 27.1. The first-order valence-corrected chi connectivity index (χ1v) is 5.99. The summed E-state index contributed by atoms with van der Waals surface area (Å²) >= 11 is 0. The Bertz CT molecular complexity index is 624. The predicted molar refractivity (Wildman–Crippen MR) is 70.6 cm³/mol. The van der Waals surface area contributed by atoms with Gasteiger partial charge in [-0.2, -0.15) is 0 Å². The van der Waals surface area contributed by atoms with Crippen LogP contribution in [0.5, 0.6) is 0 Å². The SMILES string of the molecule is Cc1c(N)nc(C(C)C)nc1-c1cc(F)ccc1F. The highest BCUT2D eigenvalue weighted by Crippen LogP contribution is 2.28. The average Bonchev–Trinajstić information content (AvgIpc) is 2.35. The van der Waals surface area contributed by atoms with Crippen molar-refractivity contribution in [2.24, 2.45) is 0 Å². The van der Waals surface area contributed by atoms with Crippen molar-refractivity contribution >= 4 is 5.82 Å². The van der Waals surface area contributed by atoms with E-state index in [9.17, 15) is 8.78 Å². The van der Waals surface area contributed by atoms with E-state index in [-0.39, 0.29) is 17.3 Å². The van der Waals surface area contributed by atoms with E-state index in [1.54, 1.807) is 6.92 Å². The lowest BCUT2D eigenvalue weighted by molar-refractivity contribution is 0.602. The van der Waals surface area contributed by atoms with Crippen LogP contribution in [0, 0.1) is 18.6 Å². The first-order chi connectivity index (χ1) is 8.90. The predicted octanol–water partition coefficient (Wildman–Crippen LogP) is 3.44. The van der Waals surface area contributed by atoms with Crippen LogP contribution in [0.3, 0.4) is 0 Å². The van der Waals surface area contributed by atoms with Crippen molar-refractivity contribution in [2.75, 3.05) is 5.73 Å². The smallest absolute Gasteiger partial charge is 0.133 e. The molecule has 0 bridgehead atoms. The van der Waals surface area contributed by atoms with Crippen molar-refractivity contribution in [2.45, 2.75) is 26.7 Å². The number of nitrogens with two attached hydrogens (primary N) is 1. The summed E-state index contributed by atoms with van der Waals surface area (Å²) in [4.78, 5) is 8.47. The number of hydrogen-bond acceptors (Lipinski definition) is 3. The minimum atomic E-state index is -0.530. The molecule has 0 saturated carbocycles. The lowest BCUT2D eigenvalue weighted by atomic mass is 10.1. The number of hydrogen-bond donors (Lipinski definition) is 1. The zero-order chi connectivity index (χ0) is 14.2. The number of halogens is 2. The second kappa shape index (κ2) is 4.91. The summed E-state index contributed by atoms with van der Waals surface area (Å²) in [7, 11) is 0. The maximum Gasteiger partial charge on any atom is 0.133 e. The standard InChI is InChI=1S/C14H15F2N3/c1-7(2)14-18-12(8(3)13(17)19-14)10-6-9(15)4-5-11(10)16/h4-7H,1-3H3,(H2,17,18,19). The number of rotatable bonds is 2. The van der Waals surface area contributed by atoms with Crippen LogP contribution in [-0.4, -0.2) is 9.97 Å². The maximum absolute atomic E-state index is 13.8. The Morgan fingerprint density at radius 2 is 1.84 bits per heavy atom. The normalized spacial score (nSPS) is 11.1. The van der Waals surface area contributed by atoms with E-state index in [4.69, 9.17) is 5.73 Å². The topological polar surface area (TPSA) is 51.8 Å². The lowest BCUT2D eigenvalue weighted by Crippen LogP contribution is -2.07. The molecule has 0 aliphatic carbocycles. The molecular weight excluding hydrogens is 248 g/mol. The Kier molecular flexibility index (Phi) is 3.46. The van der Waals surface area contributed by atoms with Crippen molar-refractivity contribution in [3.8, 4) is 11.3 Å². The zero-order valence-corrected chi connectivity index (χ0v) is 11.0. The van der Waals surface area contributed by atoms with Gasteiger partial charge in [-0.3, -0.25) is 0 Å². The molecule has 0 aliphatic rings. The molecule has 3 nitrogen and oxygen atoms in total. The molecule has 2 aromatic rings. The third-order valence-corrected chi connectivity index (χ3v) is 2.90. The maximum atomic E-state index is 13.8. The van der Waals surface area contributed by atoms with Crippen LogP contribution in [-0.2, 0) is 0 Å². The molecule has 0 fully saturated rings. The van der Waals surface area contributed by atoms with Crippen molar-refractivity contribution in [3.63, 3.8) is 0 Å². The van der Waals surface area contributed by atoms with E-state index in [1.807, 2.05) is 13.8 Å². The van der Waals surface area contributed by atoms with Gasteiger partial charge in [0.2, 0.25) is 0 Å². The number of aromatic nitrogens is 2. The van der Waals surface area contributed by atoms with Crippen molar-refractivity contribution < 1.29 is 8.78 Å². The highest BCUT2D eigenvalue weighted by Gasteiger charge is 2.16. The number of benzene rings is 1. The first-order valence-electron chi connectivity index (χ1n) is 5.99. The molecule has 0 radical (unpaired) electrons. The Morgan fingerprint density at radius 3 is 2.47 bits per heavy atom. The largest absolute Gasteiger partial charge is 0.383 e. The second-order valence-electron chi connectivity index (χ2n) is 4.72. The molecule has 2 rings (SSSR count). The molecule has 0 amide bonds. The molecule has 1 aromatic heterocycles. The zero-order valence-electron chi connectivity index (χ0n) is 11.0. The van der Waals surface area contributed by atoms with Gasteiger partial charge in [0.05, 0.1) is 5.69 Å². The van der Waals surface area contributed by atoms with Crippen LogP contribution in [0.25, 0.3) is 11.3 Å². The van der Waals surface area contributed by atoms with Crippen molar-refractivity contribution in [1.29, 1.82) is 0 Å². The van der Waals surface area contributed by atoms with E-state index >= 15 is 0 Å². The monoisotopic (exact) mass is 263 g/mol. The minimum Gasteiger partial charge on any atom is -0.383 e. The number of nitrogens with zero attached hydrogens (tertiary/aromatic N) is 2. The van der Waals surface area contributed by atoms with Gasteiger partial charge in [0, 0.05) is 17.0 Å². The summed E-state index contributed by atoms with van der Waals surface area (Å²) in [6, 6.07) is 3.27. The summed E-state index contributed by atoms with van der Waals surface area (Å²) in [5.74, 6) is -0.186. The summed E-state index contributed by atoms with van der Waals surface area (Å²) in [6.07, 6.45) is 0. The van der Waals surface area contributed by atoms with Gasteiger partial charge in [-0.25, -0.2) is 18.7 Å². The molecule has 1 aromatic carbocycles. The van der Waals surface area contributed by atoms with E-state index in [0.29, 0.717) is 17.1 Å². The number of nitrogen functional groups attached to an aromatic ring is 1. The van der Waals surface area contributed by atoms with Gasteiger partial charge < -0.3 is 5.73 Å². The summed E-state index contributed by atoms with van der Waals surface area (Å²) in [6.45, 7) is 5.52. The van der Waals surface area contributed by atoms with E-state index in [2.05, 4.69) is 9.97 Å². The van der Waals surface area contributed by atoms with Crippen LogP contribution in [0.4, 0.5) is 14.6 Å². The summed E-state index contributed by atoms with van der Waals surface area (Å²) in [5, 5.41) is 0. The van der Waals surface area contributed by atoms with Crippen LogP contribution >= 0.6 is 0 Å². The molecule has 1 heterocycles. The molecule has 2 N–H and O–H groups in total. The van der Waals surface area contributed by atoms with E-state index in [0.717, 1.165) is 18.2 Å². The number of anilines is 1. The second-order valence-corrected chi connectivity index (χ2v) is 4.72. The van der Waals surface area contributed by atoms with Gasteiger partial charge in [-0.15, -0.1) is 0 Å². The van der Waals surface area contributed by atoms with Crippen LogP contribution in [0.1, 0.15) is 31.2 Å². The first kappa shape index (κ1) is 13.4. The molecule has 19 heavy (non-hydrogen) atoms. The third kappa shape index (κ3) is 2.54. The molecule has 0 atom stereocenters. The van der Waals surface area contributed by atoms with Gasteiger partial charge in [0.1, 0.15) is 23.3 Å². The Morgan fingerprint density at radius 1 is 1.16 bits per heavy atom. The van der Waals surface area contributed by atoms with Gasteiger partial charge in [0.25, 0.3) is 0 Å². The Labute approximate surface area is 110 Å². The molecule has 0 saturated heterocycles. The fourth-order valence-corrected chi connectivity index (χ4v) is 1.75. The fourth-order valence-electron chi connectivity index (χ4n) is 1.75. The van der Waals surface area contributed by atoms with Crippen LogP contribution < -0.4 is 5.73 Å². The highest BCUT2D eigenvalue weighted by atomic mass is 19.1. The van der Waals surface area contributed by atoms with Gasteiger partial charge >= 0.3 is 0 Å². The van der Waals surface area contributed by atoms with E-state index in [1.165, 1.54) is 0 Å². The minimum absolute atomic E-state index is 0.0540. The van der Waals surface area contributed by atoms with Gasteiger partial charge in [-0.05, 0) is 25.1 Å². The van der Waals surface area contributed by atoms with Gasteiger partial charge in [0.15, 0.2) is 0 Å². The summed E-state index contributed by atoms with van der Waals surface area (Å²) in [5.41, 5.74) is 6.81. The molecular formula is C14H15F2N3. The van der Waals surface area contributed by atoms with Gasteiger partial charge in [-0.1, -0.05) is 13.8 Å². The highest BCUT2D eigenvalue weighted by molar-refractivity contribution is 5.67. The third-order valence-electron chi connectivity index (χ3n) is 2.90. The van der Waals surface area contributed by atoms with Crippen LogP contribution in [0.15, 0.2) is 18.2 Å². The van der Waals surface area contributed by atoms with Crippen molar-refractivity contribution in [1.82, 2.24) is 9.97 Å². The molecule has 100 valence electrons. The molecule has 0 spiro atoms. The average molecular weight is 263 g/mol. The van der Waals surface area contributed by atoms with Crippen molar-refractivity contribution in [3.05, 3.63) is 41.2 Å². The molecule has 0 unspecified atom stereocenters. The Hall–Kier alpha value is -2.04. The lowest BCUT2D eigenvalue weighted by Gasteiger charge is -2.12. The van der Waals surface area contributed by atoms with Crippen LogP contribution in [0.2, 0.25) is 0 Å². The molecule has 0 aliphatic heterocycles. The van der Waals surface area contributed by atoms with E-state index < -0.39 is 11.6 Å². The quantitative estimate of drug-likeness (QED) is 0.903. The molecule has 5 heteroatoms. The Balaban J connectivity index is 2.70.